The largest absolute Gasteiger partial charge is 0.368 e. The van der Waals surface area contributed by atoms with Crippen molar-refractivity contribution in [2.75, 3.05) is 23.7 Å². The number of nitrogens with two attached hydrogens (primary N) is 1. The molecule has 1 aliphatic heterocycles. The molecule has 0 spiro atoms. The van der Waals surface area contributed by atoms with E-state index in [2.05, 4.69) is 51.0 Å². The number of nitrogens with zero attached hydrogens (tertiary/aromatic N) is 4. The second kappa shape index (κ2) is 6.30. The molecule has 0 radical (unpaired) electrons. The van der Waals surface area contributed by atoms with Gasteiger partial charge in [-0.25, -0.2) is 0 Å². The van der Waals surface area contributed by atoms with E-state index in [1.165, 1.54) is 24.0 Å². The van der Waals surface area contributed by atoms with Crippen LogP contribution in [0, 0.1) is 6.92 Å². The summed E-state index contributed by atoms with van der Waals surface area (Å²) < 4.78 is 0. The molecule has 2 heterocycles. The van der Waals surface area contributed by atoms with Crippen molar-refractivity contribution in [3.63, 3.8) is 0 Å². The van der Waals surface area contributed by atoms with E-state index in [1.54, 1.807) is 11.8 Å². The Morgan fingerprint density at radius 2 is 1.90 bits per heavy atom. The topological polar surface area (TPSA) is 67.9 Å². The third kappa shape index (κ3) is 3.44. The Morgan fingerprint density at radius 3 is 2.67 bits per heavy atom. The van der Waals surface area contributed by atoms with E-state index in [0.717, 1.165) is 18.8 Å². The lowest BCUT2D eigenvalue weighted by molar-refractivity contribution is 0.833. The summed E-state index contributed by atoms with van der Waals surface area (Å²) in [6, 6.07) is 8.36. The maximum Gasteiger partial charge on any atom is 0.231 e. The first-order chi connectivity index (χ1) is 10.2. The maximum atomic E-state index is 5.82. The Balaban J connectivity index is 1.74. The van der Waals surface area contributed by atoms with Crippen molar-refractivity contribution in [2.24, 2.45) is 0 Å². The van der Waals surface area contributed by atoms with Gasteiger partial charge in [0.05, 0.1) is 0 Å². The Hall–Kier alpha value is -1.82. The summed E-state index contributed by atoms with van der Waals surface area (Å²) in [5, 5.41) is 0.702. The average molecular weight is 301 g/mol. The fourth-order valence-corrected chi connectivity index (χ4v) is 3.31. The first-order valence-corrected chi connectivity index (χ1v) is 8.15. The Morgan fingerprint density at radius 1 is 1.14 bits per heavy atom. The van der Waals surface area contributed by atoms with Gasteiger partial charge in [-0.3, -0.25) is 0 Å². The van der Waals surface area contributed by atoms with Crippen LogP contribution >= 0.6 is 11.8 Å². The minimum atomic E-state index is 0.305. The van der Waals surface area contributed by atoms with Crippen LogP contribution in [-0.4, -0.2) is 28.0 Å². The van der Waals surface area contributed by atoms with Gasteiger partial charge in [-0.2, -0.15) is 15.0 Å². The van der Waals surface area contributed by atoms with Crippen molar-refractivity contribution >= 4 is 23.7 Å². The molecule has 1 aromatic carbocycles. The molecule has 0 amide bonds. The molecule has 2 N–H and O–H groups in total. The van der Waals surface area contributed by atoms with Crippen LogP contribution in [0.25, 0.3) is 0 Å². The molecule has 2 aromatic rings. The number of hydrogen-bond donors (Lipinski definition) is 1. The van der Waals surface area contributed by atoms with Crippen molar-refractivity contribution in [3.8, 4) is 0 Å². The zero-order valence-electron chi connectivity index (χ0n) is 12.1. The van der Waals surface area contributed by atoms with Crippen LogP contribution in [0.1, 0.15) is 24.0 Å². The maximum absolute atomic E-state index is 5.82. The summed E-state index contributed by atoms with van der Waals surface area (Å²) in [6.07, 6.45) is 2.38. The van der Waals surface area contributed by atoms with Gasteiger partial charge < -0.3 is 10.6 Å². The normalized spacial score (nSPS) is 14.6. The number of aromatic nitrogens is 3. The lowest BCUT2D eigenvalue weighted by atomic mass is 10.1. The third-order valence-corrected chi connectivity index (χ3v) is 4.52. The van der Waals surface area contributed by atoms with Crippen LogP contribution in [0.2, 0.25) is 0 Å². The highest BCUT2D eigenvalue weighted by Crippen LogP contribution is 2.24. The fourth-order valence-electron chi connectivity index (χ4n) is 2.40. The van der Waals surface area contributed by atoms with Crippen LogP contribution in [0.5, 0.6) is 0 Å². The van der Waals surface area contributed by atoms with Gasteiger partial charge in [0.25, 0.3) is 0 Å². The zero-order valence-corrected chi connectivity index (χ0v) is 12.9. The number of rotatable bonds is 4. The molecule has 1 saturated heterocycles. The quantitative estimate of drug-likeness (QED) is 0.876. The van der Waals surface area contributed by atoms with E-state index in [4.69, 9.17) is 5.73 Å². The molecule has 0 atom stereocenters. The molecule has 3 rings (SSSR count). The molecule has 0 aliphatic carbocycles. The monoisotopic (exact) mass is 301 g/mol. The number of anilines is 2. The molecular formula is C15H19N5S. The van der Waals surface area contributed by atoms with Crippen molar-refractivity contribution < 1.29 is 0 Å². The molecule has 1 fully saturated rings. The summed E-state index contributed by atoms with van der Waals surface area (Å²) >= 11 is 1.61. The Kier molecular flexibility index (Phi) is 4.24. The minimum absolute atomic E-state index is 0.305. The highest BCUT2D eigenvalue weighted by atomic mass is 32.2. The van der Waals surface area contributed by atoms with Crippen molar-refractivity contribution in [1.29, 1.82) is 0 Å². The lowest BCUT2D eigenvalue weighted by Crippen LogP contribution is -2.21. The SMILES string of the molecule is Cc1ccccc1CSc1nc(N)nc(N2CCCC2)n1. The Bertz CT molecular complexity index is 625. The predicted octanol–water partition coefficient (Wildman–Crippen LogP) is 2.65. The summed E-state index contributed by atoms with van der Waals surface area (Å²) in [7, 11) is 0. The van der Waals surface area contributed by atoms with Gasteiger partial charge in [0, 0.05) is 18.8 Å². The summed E-state index contributed by atoms with van der Waals surface area (Å²) in [6.45, 7) is 4.13. The second-order valence-electron chi connectivity index (χ2n) is 5.19. The summed E-state index contributed by atoms with van der Waals surface area (Å²) in [5.74, 6) is 1.86. The standard InChI is InChI=1S/C15H19N5S/c1-11-6-2-3-7-12(11)10-21-15-18-13(16)17-14(19-15)20-8-4-5-9-20/h2-3,6-7H,4-5,8-10H2,1H3,(H2,16,17,18,19). The highest BCUT2D eigenvalue weighted by Gasteiger charge is 2.17. The van der Waals surface area contributed by atoms with E-state index in [0.29, 0.717) is 17.1 Å². The molecule has 1 aliphatic rings. The molecule has 6 heteroatoms. The fraction of sp³-hybridized carbons (Fsp3) is 0.400. The number of aryl methyl sites for hydroxylation is 1. The van der Waals surface area contributed by atoms with Gasteiger partial charge in [-0.1, -0.05) is 36.0 Å². The van der Waals surface area contributed by atoms with Gasteiger partial charge in [-0.15, -0.1) is 0 Å². The molecule has 21 heavy (non-hydrogen) atoms. The molecule has 0 unspecified atom stereocenters. The number of benzene rings is 1. The molecule has 0 saturated carbocycles. The van der Waals surface area contributed by atoms with Gasteiger partial charge in [0.15, 0.2) is 5.16 Å². The van der Waals surface area contributed by atoms with Gasteiger partial charge >= 0.3 is 0 Å². The van der Waals surface area contributed by atoms with Crippen LogP contribution in [-0.2, 0) is 5.75 Å². The van der Waals surface area contributed by atoms with E-state index in [-0.39, 0.29) is 0 Å². The van der Waals surface area contributed by atoms with Gasteiger partial charge in [0.1, 0.15) is 0 Å². The molecule has 0 bridgehead atoms. The van der Waals surface area contributed by atoms with Crippen LogP contribution in [0.3, 0.4) is 0 Å². The summed E-state index contributed by atoms with van der Waals surface area (Å²) in [4.78, 5) is 15.2. The van der Waals surface area contributed by atoms with Crippen molar-refractivity contribution in [2.45, 2.75) is 30.7 Å². The number of thioether (sulfide) groups is 1. The smallest absolute Gasteiger partial charge is 0.231 e. The molecule has 5 nitrogen and oxygen atoms in total. The van der Waals surface area contributed by atoms with E-state index in [1.807, 2.05) is 0 Å². The zero-order chi connectivity index (χ0) is 14.7. The minimum Gasteiger partial charge on any atom is -0.368 e. The first-order valence-electron chi connectivity index (χ1n) is 7.16. The molecule has 110 valence electrons. The van der Waals surface area contributed by atoms with Crippen LogP contribution in [0.4, 0.5) is 11.9 Å². The number of hydrogen-bond acceptors (Lipinski definition) is 6. The van der Waals surface area contributed by atoms with Crippen molar-refractivity contribution in [1.82, 2.24) is 15.0 Å². The third-order valence-electron chi connectivity index (χ3n) is 3.63. The Labute approximate surface area is 129 Å². The van der Waals surface area contributed by atoms with Gasteiger partial charge in [-0.05, 0) is 30.9 Å². The summed E-state index contributed by atoms with van der Waals surface area (Å²) in [5.41, 5.74) is 8.40. The van der Waals surface area contributed by atoms with Crippen molar-refractivity contribution in [3.05, 3.63) is 35.4 Å². The molecule has 1 aromatic heterocycles. The van der Waals surface area contributed by atoms with Crippen LogP contribution in [0.15, 0.2) is 29.4 Å². The molecular weight excluding hydrogens is 282 g/mol. The highest BCUT2D eigenvalue weighted by molar-refractivity contribution is 7.98. The average Bonchev–Trinajstić information content (AvgIpc) is 3.00. The second-order valence-corrected chi connectivity index (χ2v) is 6.13. The van der Waals surface area contributed by atoms with Gasteiger partial charge in [0.2, 0.25) is 11.9 Å². The van der Waals surface area contributed by atoms with Crippen LogP contribution < -0.4 is 10.6 Å². The van der Waals surface area contributed by atoms with E-state index in [9.17, 15) is 0 Å². The van der Waals surface area contributed by atoms with E-state index < -0.39 is 0 Å². The van der Waals surface area contributed by atoms with E-state index >= 15 is 0 Å². The predicted molar refractivity (Wildman–Crippen MR) is 86.4 cm³/mol. The number of nitrogen functional groups attached to an aromatic ring is 1. The first kappa shape index (κ1) is 14.1. The lowest BCUT2D eigenvalue weighted by Gasteiger charge is -2.15.